The van der Waals surface area contributed by atoms with Crippen molar-refractivity contribution in [2.45, 2.75) is 51.0 Å². The Hall–Kier alpha value is -0.610. The molecule has 0 aromatic carbocycles. The molecule has 4 heteroatoms. The standard InChI is InChI=1S/C14H26N2O2/c17-13-10-15-8-12(13)9-16-14(18)7-11-5-3-1-2-4-6-11/h11-13,15,17H,1-10H2,(H,16,18). The van der Waals surface area contributed by atoms with Gasteiger partial charge in [0.05, 0.1) is 6.10 Å². The van der Waals surface area contributed by atoms with Crippen molar-refractivity contribution in [3.63, 3.8) is 0 Å². The van der Waals surface area contributed by atoms with E-state index < -0.39 is 0 Å². The molecule has 1 saturated heterocycles. The number of hydrogen-bond acceptors (Lipinski definition) is 3. The van der Waals surface area contributed by atoms with Crippen molar-refractivity contribution < 1.29 is 9.90 Å². The summed E-state index contributed by atoms with van der Waals surface area (Å²) in [5.74, 6) is 0.934. The van der Waals surface area contributed by atoms with Crippen LogP contribution in [0.1, 0.15) is 44.9 Å². The Labute approximate surface area is 110 Å². The van der Waals surface area contributed by atoms with Crippen LogP contribution in [0.3, 0.4) is 0 Å². The molecule has 2 aliphatic rings. The second-order valence-corrected chi connectivity index (χ2v) is 5.85. The zero-order valence-electron chi connectivity index (χ0n) is 11.2. The predicted octanol–water partition coefficient (Wildman–Crippen LogP) is 1.04. The van der Waals surface area contributed by atoms with Crippen LogP contribution in [-0.4, -0.2) is 36.8 Å². The maximum Gasteiger partial charge on any atom is 0.220 e. The molecule has 0 spiro atoms. The molecule has 2 fully saturated rings. The Morgan fingerprint density at radius 1 is 1.17 bits per heavy atom. The number of β-amino-alcohol motifs (C(OH)–C–C–N with tert-alkyl or cyclic N) is 1. The van der Waals surface area contributed by atoms with E-state index in [0.29, 0.717) is 25.4 Å². The smallest absolute Gasteiger partial charge is 0.220 e. The van der Waals surface area contributed by atoms with E-state index >= 15 is 0 Å². The number of aliphatic hydroxyl groups excluding tert-OH is 1. The molecule has 1 saturated carbocycles. The molecule has 104 valence electrons. The molecule has 0 aromatic rings. The maximum absolute atomic E-state index is 11.9. The normalized spacial score (nSPS) is 30.1. The van der Waals surface area contributed by atoms with Gasteiger partial charge in [-0.05, 0) is 18.8 Å². The number of aliphatic hydroxyl groups is 1. The first kappa shape index (κ1) is 13.8. The fourth-order valence-corrected chi connectivity index (χ4v) is 3.07. The lowest BCUT2D eigenvalue weighted by Crippen LogP contribution is -2.35. The van der Waals surface area contributed by atoms with Crippen LogP contribution in [-0.2, 0) is 4.79 Å². The average molecular weight is 254 g/mol. The summed E-state index contributed by atoms with van der Waals surface area (Å²) in [6.07, 6.45) is 8.02. The van der Waals surface area contributed by atoms with Crippen molar-refractivity contribution in [3.05, 3.63) is 0 Å². The maximum atomic E-state index is 11.9. The van der Waals surface area contributed by atoms with E-state index in [2.05, 4.69) is 10.6 Å². The van der Waals surface area contributed by atoms with E-state index in [1.54, 1.807) is 0 Å². The highest BCUT2D eigenvalue weighted by Crippen LogP contribution is 2.25. The summed E-state index contributed by atoms with van der Waals surface area (Å²) in [6, 6.07) is 0. The number of amides is 1. The topological polar surface area (TPSA) is 61.4 Å². The lowest BCUT2D eigenvalue weighted by molar-refractivity contribution is -0.122. The third kappa shape index (κ3) is 4.25. The SMILES string of the molecule is O=C(CC1CCCCCC1)NCC1CNCC1O. The van der Waals surface area contributed by atoms with Crippen molar-refractivity contribution in [2.24, 2.45) is 11.8 Å². The monoisotopic (exact) mass is 254 g/mol. The van der Waals surface area contributed by atoms with Crippen LogP contribution in [0.4, 0.5) is 0 Å². The average Bonchev–Trinajstić information content (AvgIpc) is 2.61. The first-order valence-corrected chi connectivity index (χ1v) is 7.41. The van der Waals surface area contributed by atoms with Gasteiger partial charge in [0, 0.05) is 32.0 Å². The highest BCUT2D eigenvalue weighted by Gasteiger charge is 2.25. The molecule has 0 aromatic heterocycles. The van der Waals surface area contributed by atoms with Gasteiger partial charge < -0.3 is 15.7 Å². The van der Waals surface area contributed by atoms with E-state index in [9.17, 15) is 9.90 Å². The summed E-state index contributed by atoms with van der Waals surface area (Å²) in [5.41, 5.74) is 0. The van der Waals surface area contributed by atoms with Crippen LogP contribution in [0.15, 0.2) is 0 Å². The van der Waals surface area contributed by atoms with Crippen LogP contribution in [0.5, 0.6) is 0 Å². The van der Waals surface area contributed by atoms with Gasteiger partial charge in [0.2, 0.25) is 5.91 Å². The Bertz CT molecular complexity index is 263. The molecule has 1 heterocycles. The molecular formula is C14H26N2O2. The summed E-state index contributed by atoms with van der Waals surface area (Å²) >= 11 is 0. The van der Waals surface area contributed by atoms with Gasteiger partial charge in [0.15, 0.2) is 0 Å². The van der Waals surface area contributed by atoms with Crippen molar-refractivity contribution in [1.29, 1.82) is 0 Å². The third-order valence-corrected chi connectivity index (χ3v) is 4.31. The molecule has 3 N–H and O–H groups in total. The summed E-state index contributed by atoms with van der Waals surface area (Å²) in [4.78, 5) is 11.9. The third-order valence-electron chi connectivity index (χ3n) is 4.31. The number of hydrogen-bond donors (Lipinski definition) is 3. The zero-order chi connectivity index (χ0) is 12.8. The van der Waals surface area contributed by atoms with Crippen LogP contribution < -0.4 is 10.6 Å². The molecule has 1 aliphatic heterocycles. The molecule has 4 nitrogen and oxygen atoms in total. The Balaban J connectivity index is 1.64. The molecule has 0 radical (unpaired) electrons. The minimum atomic E-state index is -0.303. The van der Waals surface area contributed by atoms with E-state index in [1.807, 2.05) is 0 Å². The van der Waals surface area contributed by atoms with Gasteiger partial charge in [-0.25, -0.2) is 0 Å². The van der Waals surface area contributed by atoms with Gasteiger partial charge in [-0.15, -0.1) is 0 Å². The first-order chi connectivity index (χ1) is 8.75. The number of carbonyl (C=O) groups excluding carboxylic acids is 1. The highest BCUT2D eigenvalue weighted by atomic mass is 16.3. The Morgan fingerprint density at radius 2 is 1.89 bits per heavy atom. The van der Waals surface area contributed by atoms with Crippen LogP contribution in [0.25, 0.3) is 0 Å². The lowest BCUT2D eigenvalue weighted by atomic mass is 9.96. The van der Waals surface area contributed by atoms with Crippen LogP contribution in [0, 0.1) is 11.8 Å². The number of carbonyl (C=O) groups is 1. The van der Waals surface area contributed by atoms with E-state index in [4.69, 9.17) is 0 Å². The molecule has 2 rings (SSSR count). The summed E-state index contributed by atoms with van der Waals surface area (Å²) in [6.45, 7) is 2.08. The quantitative estimate of drug-likeness (QED) is 0.657. The minimum Gasteiger partial charge on any atom is -0.391 e. The summed E-state index contributed by atoms with van der Waals surface area (Å²) < 4.78 is 0. The lowest BCUT2D eigenvalue weighted by Gasteiger charge is -2.17. The summed E-state index contributed by atoms with van der Waals surface area (Å²) in [7, 11) is 0. The highest BCUT2D eigenvalue weighted by molar-refractivity contribution is 5.76. The van der Waals surface area contributed by atoms with Crippen molar-refractivity contribution in [3.8, 4) is 0 Å². The van der Waals surface area contributed by atoms with E-state index in [0.717, 1.165) is 6.54 Å². The number of nitrogens with one attached hydrogen (secondary N) is 2. The molecule has 0 bridgehead atoms. The van der Waals surface area contributed by atoms with Gasteiger partial charge in [-0.2, -0.15) is 0 Å². The Morgan fingerprint density at radius 3 is 2.50 bits per heavy atom. The fraction of sp³-hybridized carbons (Fsp3) is 0.929. The van der Waals surface area contributed by atoms with Gasteiger partial charge in [-0.1, -0.05) is 25.7 Å². The van der Waals surface area contributed by atoms with E-state index in [-0.39, 0.29) is 17.9 Å². The second-order valence-electron chi connectivity index (χ2n) is 5.85. The fourth-order valence-electron chi connectivity index (χ4n) is 3.07. The molecular weight excluding hydrogens is 228 g/mol. The van der Waals surface area contributed by atoms with E-state index in [1.165, 1.54) is 38.5 Å². The molecule has 2 atom stereocenters. The predicted molar refractivity (Wildman–Crippen MR) is 71.2 cm³/mol. The van der Waals surface area contributed by atoms with Gasteiger partial charge >= 0.3 is 0 Å². The first-order valence-electron chi connectivity index (χ1n) is 7.41. The molecule has 1 amide bonds. The van der Waals surface area contributed by atoms with Crippen molar-refractivity contribution in [1.82, 2.24) is 10.6 Å². The largest absolute Gasteiger partial charge is 0.391 e. The zero-order valence-corrected chi connectivity index (χ0v) is 11.2. The van der Waals surface area contributed by atoms with Crippen molar-refractivity contribution in [2.75, 3.05) is 19.6 Å². The van der Waals surface area contributed by atoms with Gasteiger partial charge in [0.1, 0.15) is 0 Å². The molecule has 1 aliphatic carbocycles. The minimum absolute atomic E-state index is 0.168. The second kappa shape index (κ2) is 7.10. The van der Waals surface area contributed by atoms with Crippen LogP contribution >= 0.6 is 0 Å². The molecule has 2 unspecified atom stereocenters. The Kier molecular flexibility index (Phi) is 5.45. The summed E-state index contributed by atoms with van der Waals surface area (Å²) in [5, 5.41) is 15.8. The van der Waals surface area contributed by atoms with Crippen molar-refractivity contribution >= 4 is 5.91 Å². The van der Waals surface area contributed by atoms with Crippen LogP contribution in [0.2, 0.25) is 0 Å². The van der Waals surface area contributed by atoms with Gasteiger partial charge in [-0.3, -0.25) is 4.79 Å². The molecule has 18 heavy (non-hydrogen) atoms. The number of rotatable bonds is 4. The van der Waals surface area contributed by atoms with Gasteiger partial charge in [0.25, 0.3) is 0 Å².